The summed E-state index contributed by atoms with van der Waals surface area (Å²) >= 11 is 24.8. The van der Waals surface area contributed by atoms with Crippen LogP contribution in [0.5, 0.6) is 0 Å². The maximum absolute atomic E-state index is 14.1. The van der Waals surface area contributed by atoms with Gasteiger partial charge in [-0.3, -0.25) is 13.9 Å². The van der Waals surface area contributed by atoms with Gasteiger partial charge < -0.3 is 10.2 Å². The third-order valence-electron chi connectivity index (χ3n) is 6.43. The quantitative estimate of drug-likeness (QED) is 0.218. The van der Waals surface area contributed by atoms with Crippen LogP contribution in [0.25, 0.3) is 0 Å². The third kappa shape index (κ3) is 8.77. The van der Waals surface area contributed by atoms with Gasteiger partial charge in [0.05, 0.1) is 20.6 Å². The Labute approximate surface area is 267 Å². The van der Waals surface area contributed by atoms with Gasteiger partial charge in [-0.15, -0.1) is 0 Å². The number of nitrogens with one attached hydrogen (secondary N) is 1. The van der Waals surface area contributed by atoms with Crippen molar-refractivity contribution >= 4 is 73.9 Å². The van der Waals surface area contributed by atoms with Crippen LogP contribution in [0.2, 0.25) is 20.1 Å². The van der Waals surface area contributed by atoms with Gasteiger partial charge in [-0.1, -0.05) is 90.9 Å². The van der Waals surface area contributed by atoms with Crippen molar-refractivity contribution in [3.8, 4) is 0 Å². The highest BCUT2D eigenvalue weighted by atomic mass is 35.5. The summed E-state index contributed by atoms with van der Waals surface area (Å²) in [5.74, 6) is -0.772. The molecule has 3 rings (SSSR count). The maximum atomic E-state index is 14.1. The lowest BCUT2D eigenvalue weighted by Crippen LogP contribution is -2.52. The molecule has 7 nitrogen and oxygen atoms in total. The van der Waals surface area contributed by atoms with Crippen molar-refractivity contribution in [1.29, 1.82) is 0 Å². The van der Waals surface area contributed by atoms with Crippen LogP contribution in [0.3, 0.4) is 0 Å². The number of anilines is 1. The second-order valence-electron chi connectivity index (χ2n) is 10.3. The number of benzene rings is 3. The summed E-state index contributed by atoms with van der Waals surface area (Å²) in [6, 6.07) is 14.6. The highest BCUT2D eigenvalue weighted by molar-refractivity contribution is 7.92. The average molecular weight is 673 g/mol. The highest BCUT2D eigenvalue weighted by Gasteiger charge is 2.34. The number of hydrogen-bond acceptors (Lipinski definition) is 4. The van der Waals surface area contributed by atoms with E-state index in [9.17, 15) is 18.0 Å². The second kappa shape index (κ2) is 14.8. The van der Waals surface area contributed by atoms with Gasteiger partial charge in [0.1, 0.15) is 12.6 Å². The Kier molecular flexibility index (Phi) is 12.0. The molecule has 1 N–H and O–H groups in total. The Hall–Kier alpha value is -2.49. The molecule has 0 aromatic heterocycles. The molecule has 3 aromatic rings. The molecular weight excluding hydrogens is 640 g/mol. The molecule has 3 aromatic carbocycles. The van der Waals surface area contributed by atoms with E-state index in [2.05, 4.69) is 5.32 Å². The molecule has 0 heterocycles. The van der Waals surface area contributed by atoms with Crippen molar-refractivity contribution in [2.24, 2.45) is 5.92 Å². The maximum Gasteiger partial charge on any atom is 0.264 e. The standard InChI is InChI=1S/C30H33Cl4N3O4S/c1-5-28(30(39)35-16-19(2)3)36(17-21-8-11-26(33)27(34)12-21)29(38)18-37(24-14-22(31)13-23(32)15-24)42(40,41)25-9-6-20(4)7-10-25/h6-15,19,28H,5,16-18H2,1-4H3,(H,35,39). The zero-order valence-electron chi connectivity index (χ0n) is 23.7. The molecule has 12 heteroatoms. The Morgan fingerprint density at radius 3 is 2.05 bits per heavy atom. The van der Waals surface area contributed by atoms with Gasteiger partial charge in [0.15, 0.2) is 0 Å². The number of carbonyl (C=O) groups is 2. The lowest BCUT2D eigenvalue weighted by atomic mass is 10.1. The predicted molar refractivity (Wildman–Crippen MR) is 171 cm³/mol. The van der Waals surface area contributed by atoms with E-state index in [4.69, 9.17) is 46.4 Å². The molecule has 226 valence electrons. The second-order valence-corrected chi connectivity index (χ2v) is 13.8. The van der Waals surface area contributed by atoms with Crippen molar-refractivity contribution in [1.82, 2.24) is 10.2 Å². The lowest BCUT2D eigenvalue weighted by Gasteiger charge is -2.33. The van der Waals surface area contributed by atoms with Crippen LogP contribution in [0, 0.1) is 12.8 Å². The summed E-state index contributed by atoms with van der Waals surface area (Å²) in [4.78, 5) is 28.8. The number of sulfonamides is 1. The van der Waals surface area contributed by atoms with E-state index in [-0.39, 0.29) is 50.4 Å². The van der Waals surface area contributed by atoms with Crippen LogP contribution in [-0.4, -0.2) is 44.3 Å². The first kappa shape index (κ1) is 34.0. The molecule has 1 atom stereocenters. The van der Waals surface area contributed by atoms with Gasteiger partial charge in [-0.05, 0) is 67.3 Å². The van der Waals surface area contributed by atoms with Gasteiger partial charge in [0.25, 0.3) is 10.0 Å². The van der Waals surface area contributed by atoms with Crippen LogP contribution in [0.1, 0.15) is 38.3 Å². The number of nitrogens with zero attached hydrogens (tertiary/aromatic N) is 2. The van der Waals surface area contributed by atoms with E-state index < -0.39 is 28.5 Å². The van der Waals surface area contributed by atoms with E-state index in [1.807, 2.05) is 20.8 Å². The molecule has 0 aliphatic carbocycles. The SMILES string of the molecule is CCC(C(=O)NCC(C)C)N(Cc1ccc(Cl)c(Cl)c1)C(=O)CN(c1cc(Cl)cc(Cl)c1)S(=O)(=O)c1ccc(C)cc1. The molecule has 1 unspecified atom stereocenters. The molecule has 0 saturated heterocycles. The van der Waals surface area contributed by atoms with Crippen molar-refractivity contribution in [2.45, 2.75) is 51.6 Å². The summed E-state index contributed by atoms with van der Waals surface area (Å²) in [7, 11) is -4.26. The first-order chi connectivity index (χ1) is 19.7. The number of rotatable bonds is 12. The van der Waals surface area contributed by atoms with Crippen molar-refractivity contribution in [3.05, 3.63) is 91.9 Å². The molecule has 0 aliphatic heterocycles. The Morgan fingerprint density at radius 1 is 0.881 bits per heavy atom. The molecule has 0 bridgehead atoms. The monoisotopic (exact) mass is 671 g/mol. The van der Waals surface area contributed by atoms with Crippen LogP contribution < -0.4 is 9.62 Å². The summed E-state index contributed by atoms with van der Waals surface area (Å²) < 4.78 is 28.9. The minimum atomic E-state index is -4.26. The molecule has 2 amide bonds. The highest BCUT2D eigenvalue weighted by Crippen LogP contribution is 2.31. The number of amides is 2. The van der Waals surface area contributed by atoms with Gasteiger partial charge in [-0.25, -0.2) is 8.42 Å². The average Bonchev–Trinajstić information content (AvgIpc) is 2.91. The summed E-state index contributed by atoms with van der Waals surface area (Å²) in [5.41, 5.74) is 1.59. The fourth-order valence-electron chi connectivity index (χ4n) is 4.23. The van der Waals surface area contributed by atoms with Crippen LogP contribution in [0.15, 0.2) is 65.6 Å². The minimum absolute atomic E-state index is 0.0158. The van der Waals surface area contributed by atoms with E-state index in [0.29, 0.717) is 17.1 Å². The predicted octanol–water partition coefficient (Wildman–Crippen LogP) is 7.38. The van der Waals surface area contributed by atoms with Gasteiger partial charge >= 0.3 is 0 Å². The lowest BCUT2D eigenvalue weighted by molar-refractivity contribution is -0.140. The molecule has 42 heavy (non-hydrogen) atoms. The van der Waals surface area contributed by atoms with E-state index in [1.54, 1.807) is 37.3 Å². The Morgan fingerprint density at radius 2 is 1.50 bits per heavy atom. The zero-order valence-corrected chi connectivity index (χ0v) is 27.5. The number of halogens is 4. The largest absolute Gasteiger partial charge is 0.354 e. The van der Waals surface area contributed by atoms with Crippen molar-refractivity contribution in [3.63, 3.8) is 0 Å². The normalized spacial score (nSPS) is 12.2. The smallest absolute Gasteiger partial charge is 0.264 e. The Bertz CT molecular complexity index is 1510. The van der Waals surface area contributed by atoms with Crippen molar-refractivity contribution < 1.29 is 18.0 Å². The molecule has 0 radical (unpaired) electrons. The minimum Gasteiger partial charge on any atom is -0.354 e. The van der Waals surface area contributed by atoms with E-state index in [1.165, 1.54) is 35.2 Å². The summed E-state index contributed by atoms with van der Waals surface area (Å²) in [6.07, 6.45) is 0.282. The number of hydrogen-bond donors (Lipinski definition) is 1. The van der Waals surface area contributed by atoms with Crippen LogP contribution in [-0.2, 0) is 26.2 Å². The van der Waals surface area contributed by atoms with Crippen LogP contribution in [0.4, 0.5) is 5.69 Å². The molecule has 0 fully saturated rings. The van der Waals surface area contributed by atoms with Gasteiger partial charge in [-0.2, -0.15) is 0 Å². The summed E-state index contributed by atoms with van der Waals surface area (Å²) in [5, 5.41) is 3.91. The number of carbonyl (C=O) groups excluding carboxylic acids is 2. The first-order valence-corrected chi connectivity index (χ1v) is 16.2. The molecule has 0 saturated carbocycles. The molecule has 0 spiro atoms. The van der Waals surface area contributed by atoms with Gasteiger partial charge in [0, 0.05) is 23.1 Å². The van der Waals surface area contributed by atoms with Gasteiger partial charge in [0.2, 0.25) is 11.8 Å². The number of aryl methyl sites for hydroxylation is 1. The first-order valence-electron chi connectivity index (χ1n) is 13.3. The Balaban J connectivity index is 2.09. The topological polar surface area (TPSA) is 86.8 Å². The third-order valence-corrected chi connectivity index (χ3v) is 9.39. The molecular formula is C30H33Cl4N3O4S. The van der Waals surface area contributed by atoms with Crippen molar-refractivity contribution in [2.75, 3.05) is 17.4 Å². The fourth-order valence-corrected chi connectivity index (χ4v) is 6.46. The fraction of sp³-hybridized carbons (Fsp3) is 0.333. The zero-order chi connectivity index (χ0) is 31.2. The van der Waals surface area contributed by atoms with E-state index >= 15 is 0 Å². The van der Waals surface area contributed by atoms with Crippen LogP contribution >= 0.6 is 46.4 Å². The summed E-state index contributed by atoms with van der Waals surface area (Å²) in [6.45, 7) is 7.32. The molecule has 0 aliphatic rings. The van der Waals surface area contributed by atoms with E-state index in [0.717, 1.165) is 9.87 Å².